The molecule has 2 aliphatic heterocycles. The fourth-order valence-corrected chi connectivity index (χ4v) is 4.81. The molecule has 3 rings (SSSR count). The van der Waals surface area contributed by atoms with Gasteiger partial charge in [0.15, 0.2) is 5.84 Å². The highest BCUT2D eigenvalue weighted by atomic mass is 35.5. The van der Waals surface area contributed by atoms with Crippen LogP contribution in [0.15, 0.2) is 33.6 Å². The highest BCUT2D eigenvalue weighted by Gasteiger charge is 2.32. The molecule has 0 aromatic heterocycles. The number of hydrogen-bond acceptors (Lipinski definition) is 5. The minimum Gasteiger partial charge on any atom is -0.349 e. The van der Waals surface area contributed by atoms with E-state index in [1.165, 1.54) is 0 Å². The van der Waals surface area contributed by atoms with Crippen molar-refractivity contribution in [1.29, 1.82) is 0 Å². The van der Waals surface area contributed by atoms with Gasteiger partial charge in [-0.2, -0.15) is 8.42 Å². The van der Waals surface area contributed by atoms with E-state index in [9.17, 15) is 13.2 Å². The Hall–Kier alpha value is -1.64. The summed E-state index contributed by atoms with van der Waals surface area (Å²) in [6.07, 6.45) is 3.19. The van der Waals surface area contributed by atoms with Crippen LogP contribution >= 0.6 is 12.4 Å². The zero-order chi connectivity index (χ0) is 18.7. The Labute approximate surface area is 167 Å². The van der Waals surface area contributed by atoms with Gasteiger partial charge < -0.3 is 15.1 Å². The second-order valence-electron chi connectivity index (χ2n) is 6.96. The van der Waals surface area contributed by atoms with Gasteiger partial charge in [-0.3, -0.25) is 4.79 Å². The standard InChI is InChI=1S/C18H26N4O3S.ClH/c1-19-10-7-14-8-11-22(12-9-14)17(23)13-21(2)18-15-5-3-4-6-16(15)26(24,25)20-18;/h3-6,14,19H,7-13H2,1-2H3;1H. The van der Waals surface area contributed by atoms with E-state index in [0.717, 1.165) is 38.9 Å². The van der Waals surface area contributed by atoms with Gasteiger partial charge in [0.05, 0.1) is 6.54 Å². The lowest BCUT2D eigenvalue weighted by molar-refractivity contribution is -0.132. The molecule has 2 aliphatic rings. The summed E-state index contributed by atoms with van der Waals surface area (Å²) in [6.45, 7) is 2.67. The number of halogens is 1. The van der Waals surface area contributed by atoms with Gasteiger partial charge in [-0.25, -0.2) is 0 Å². The lowest BCUT2D eigenvalue weighted by atomic mass is 9.93. The number of hydrogen-bond donors (Lipinski definition) is 1. The number of rotatable bonds is 5. The molecule has 150 valence electrons. The molecule has 1 saturated heterocycles. The van der Waals surface area contributed by atoms with Crippen LogP contribution in [0, 0.1) is 5.92 Å². The van der Waals surface area contributed by atoms with Crippen molar-refractivity contribution in [3.63, 3.8) is 0 Å². The van der Waals surface area contributed by atoms with Crippen molar-refractivity contribution in [1.82, 2.24) is 15.1 Å². The Morgan fingerprint density at radius 2 is 1.96 bits per heavy atom. The second kappa shape index (κ2) is 9.03. The van der Waals surface area contributed by atoms with E-state index in [-0.39, 0.29) is 29.8 Å². The molecule has 1 N–H and O–H groups in total. The summed E-state index contributed by atoms with van der Waals surface area (Å²) in [5, 5.41) is 3.17. The fourth-order valence-electron chi connectivity index (χ4n) is 3.56. The van der Waals surface area contributed by atoms with Crippen molar-refractivity contribution >= 4 is 34.2 Å². The molecule has 7 nitrogen and oxygen atoms in total. The third-order valence-corrected chi connectivity index (χ3v) is 6.44. The first-order chi connectivity index (χ1) is 12.4. The van der Waals surface area contributed by atoms with Crippen LogP contribution in [0.4, 0.5) is 0 Å². The van der Waals surface area contributed by atoms with Crippen LogP contribution in [0.3, 0.4) is 0 Å². The molecule has 1 aromatic rings. The first-order valence-electron chi connectivity index (χ1n) is 9.00. The van der Waals surface area contributed by atoms with E-state index in [2.05, 4.69) is 9.71 Å². The molecule has 0 unspecified atom stereocenters. The van der Waals surface area contributed by atoms with E-state index in [0.29, 0.717) is 17.3 Å². The van der Waals surface area contributed by atoms with Crippen LogP contribution in [0.2, 0.25) is 0 Å². The molecule has 1 fully saturated rings. The van der Waals surface area contributed by atoms with Gasteiger partial charge in [0.2, 0.25) is 5.91 Å². The molecular weight excluding hydrogens is 388 g/mol. The third kappa shape index (κ3) is 4.80. The summed E-state index contributed by atoms with van der Waals surface area (Å²) in [5.74, 6) is 1.03. The Balaban J connectivity index is 0.00000261. The Morgan fingerprint density at radius 3 is 2.63 bits per heavy atom. The molecule has 0 aliphatic carbocycles. The van der Waals surface area contributed by atoms with E-state index >= 15 is 0 Å². The maximum absolute atomic E-state index is 12.6. The average molecular weight is 415 g/mol. The maximum atomic E-state index is 12.6. The number of nitrogens with one attached hydrogen (secondary N) is 1. The zero-order valence-electron chi connectivity index (χ0n) is 15.7. The van der Waals surface area contributed by atoms with Gasteiger partial charge >= 0.3 is 0 Å². The highest BCUT2D eigenvalue weighted by Crippen LogP contribution is 2.27. The number of amides is 1. The van der Waals surface area contributed by atoms with Crippen LogP contribution in [-0.2, 0) is 14.8 Å². The van der Waals surface area contributed by atoms with Gasteiger partial charge in [-0.05, 0) is 50.9 Å². The lowest BCUT2D eigenvalue weighted by Gasteiger charge is -2.33. The first kappa shape index (κ1) is 21.7. The van der Waals surface area contributed by atoms with Crippen LogP contribution < -0.4 is 5.32 Å². The summed E-state index contributed by atoms with van der Waals surface area (Å²) >= 11 is 0. The van der Waals surface area contributed by atoms with E-state index < -0.39 is 10.0 Å². The van der Waals surface area contributed by atoms with Crippen LogP contribution in [0.25, 0.3) is 0 Å². The number of benzene rings is 1. The van der Waals surface area contributed by atoms with Gasteiger partial charge in [-0.15, -0.1) is 16.8 Å². The first-order valence-corrected chi connectivity index (χ1v) is 10.4. The summed E-state index contributed by atoms with van der Waals surface area (Å²) < 4.78 is 28.2. The van der Waals surface area contributed by atoms with Crippen LogP contribution in [0.5, 0.6) is 0 Å². The van der Waals surface area contributed by atoms with Crippen LogP contribution in [-0.4, -0.2) is 70.2 Å². The summed E-state index contributed by atoms with van der Waals surface area (Å²) in [5.41, 5.74) is 0.563. The number of likely N-dealkylation sites (N-methyl/N-ethyl adjacent to an activating group) is 1. The van der Waals surface area contributed by atoms with Crippen molar-refractivity contribution in [2.45, 2.75) is 24.2 Å². The minimum atomic E-state index is -3.66. The molecule has 1 amide bonds. The van der Waals surface area contributed by atoms with Crippen molar-refractivity contribution < 1.29 is 13.2 Å². The molecule has 1 aromatic carbocycles. The minimum absolute atomic E-state index is 0. The number of likely N-dealkylation sites (tertiary alicyclic amines) is 1. The lowest BCUT2D eigenvalue weighted by Crippen LogP contribution is -2.44. The maximum Gasteiger partial charge on any atom is 0.285 e. The summed E-state index contributed by atoms with van der Waals surface area (Å²) in [4.78, 5) is 16.3. The molecule has 0 radical (unpaired) electrons. The summed E-state index contributed by atoms with van der Waals surface area (Å²) in [6, 6.07) is 6.73. The molecular formula is C18H27ClN4O3S. The summed E-state index contributed by atoms with van der Waals surface area (Å²) in [7, 11) is 0.0121. The van der Waals surface area contributed by atoms with E-state index in [4.69, 9.17) is 0 Å². The normalized spacial score (nSPS) is 18.4. The third-order valence-electron chi connectivity index (χ3n) is 5.12. The number of carbonyl (C=O) groups is 1. The molecule has 0 spiro atoms. The molecule has 0 atom stereocenters. The molecule has 2 heterocycles. The van der Waals surface area contributed by atoms with Gasteiger partial charge in [0, 0.05) is 25.7 Å². The van der Waals surface area contributed by atoms with Crippen LogP contribution in [0.1, 0.15) is 24.8 Å². The number of sulfonamides is 1. The molecule has 0 saturated carbocycles. The second-order valence-corrected chi connectivity index (χ2v) is 8.53. The van der Waals surface area contributed by atoms with Crippen molar-refractivity contribution in [3.05, 3.63) is 29.8 Å². The largest absolute Gasteiger partial charge is 0.349 e. The zero-order valence-corrected chi connectivity index (χ0v) is 17.4. The predicted molar refractivity (Wildman–Crippen MR) is 108 cm³/mol. The number of carbonyl (C=O) groups excluding carboxylic acids is 1. The number of piperidine rings is 1. The number of amidine groups is 1. The van der Waals surface area contributed by atoms with E-state index in [1.807, 2.05) is 11.9 Å². The topological polar surface area (TPSA) is 82.1 Å². The average Bonchev–Trinajstić information content (AvgIpc) is 2.92. The highest BCUT2D eigenvalue weighted by molar-refractivity contribution is 7.90. The van der Waals surface area contributed by atoms with Crippen molar-refractivity contribution in [2.75, 3.05) is 40.3 Å². The number of nitrogens with zero attached hydrogens (tertiary/aromatic N) is 3. The molecule has 9 heteroatoms. The monoisotopic (exact) mass is 414 g/mol. The smallest absolute Gasteiger partial charge is 0.285 e. The molecule has 0 bridgehead atoms. The predicted octanol–water partition coefficient (Wildman–Crippen LogP) is 1.34. The Bertz CT molecular complexity index is 805. The van der Waals surface area contributed by atoms with Gasteiger partial charge in [0.1, 0.15) is 4.90 Å². The fraction of sp³-hybridized carbons (Fsp3) is 0.556. The Kier molecular flexibility index (Phi) is 7.25. The molecule has 27 heavy (non-hydrogen) atoms. The quantitative estimate of drug-likeness (QED) is 0.786. The van der Waals surface area contributed by atoms with Crippen molar-refractivity contribution in [3.8, 4) is 0 Å². The SMILES string of the molecule is CNCCC1CCN(C(=O)CN(C)C2=NS(=O)(=O)c3ccccc32)CC1.Cl. The van der Waals surface area contributed by atoms with Gasteiger partial charge in [0.25, 0.3) is 10.0 Å². The van der Waals surface area contributed by atoms with E-state index in [1.54, 1.807) is 36.2 Å². The number of fused-ring (bicyclic) bond motifs is 1. The van der Waals surface area contributed by atoms with Gasteiger partial charge in [-0.1, -0.05) is 12.1 Å². The Morgan fingerprint density at radius 1 is 1.30 bits per heavy atom. The van der Waals surface area contributed by atoms with Crippen molar-refractivity contribution in [2.24, 2.45) is 10.3 Å².